The zero-order valence-corrected chi connectivity index (χ0v) is 15.9. The van der Waals surface area contributed by atoms with Crippen molar-refractivity contribution in [3.63, 3.8) is 0 Å². The molecule has 0 saturated carbocycles. The first-order valence-electron chi connectivity index (χ1n) is 8.19. The van der Waals surface area contributed by atoms with E-state index in [2.05, 4.69) is 10.3 Å². The number of rotatable bonds is 4. The van der Waals surface area contributed by atoms with Crippen molar-refractivity contribution in [1.82, 2.24) is 10.3 Å². The minimum atomic E-state index is -4.59. The third kappa shape index (κ3) is 4.73. The van der Waals surface area contributed by atoms with E-state index in [9.17, 15) is 26.4 Å². The fraction of sp³-hybridized carbons (Fsp3) is 0.412. The number of fused-ring (bicyclic) bond motifs is 1. The smallest absolute Gasteiger partial charge is 0.351 e. The number of carbonyl (C=O) groups is 1. The number of thioether (sulfide) groups is 1. The van der Waals surface area contributed by atoms with E-state index >= 15 is 0 Å². The molecule has 0 aliphatic carbocycles. The van der Waals surface area contributed by atoms with Crippen LogP contribution < -0.4 is 5.32 Å². The van der Waals surface area contributed by atoms with Crippen LogP contribution in [0.15, 0.2) is 35.2 Å². The van der Waals surface area contributed by atoms with E-state index in [0.29, 0.717) is 16.7 Å². The highest BCUT2D eigenvalue weighted by Crippen LogP contribution is 2.36. The molecule has 5 nitrogen and oxygen atoms in total. The molecule has 3 rings (SSSR count). The van der Waals surface area contributed by atoms with Gasteiger partial charge in [0.25, 0.3) is 0 Å². The van der Waals surface area contributed by atoms with Crippen molar-refractivity contribution in [2.45, 2.75) is 35.7 Å². The summed E-state index contributed by atoms with van der Waals surface area (Å²) in [5.74, 6) is -0.479. The molecule has 27 heavy (non-hydrogen) atoms. The maximum Gasteiger partial charge on any atom is 0.433 e. The third-order valence-electron chi connectivity index (χ3n) is 4.22. The first kappa shape index (κ1) is 19.9. The lowest BCUT2D eigenvalue weighted by molar-refractivity contribution is -0.141. The molecule has 146 valence electrons. The zero-order chi connectivity index (χ0) is 19.8. The average Bonchev–Trinajstić information content (AvgIpc) is 2.92. The van der Waals surface area contributed by atoms with E-state index in [1.807, 2.05) is 0 Å². The molecule has 0 bridgehead atoms. The molecule has 2 aromatic rings. The predicted molar refractivity (Wildman–Crippen MR) is 97.3 cm³/mol. The molecule has 1 aliphatic heterocycles. The van der Waals surface area contributed by atoms with Gasteiger partial charge in [0, 0.05) is 16.3 Å². The molecule has 1 fully saturated rings. The van der Waals surface area contributed by atoms with Crippen molar-refractivity contribution in [3.8, 4) is 0 Å². The lowest BCUT2D eigenvalue weighted by Crippen LogP contribution is -2.39. The zero-order valence-electron chi connectivity index (χ0n) is 14.3. The molecule has 1 N–H and O–H groups in total. The van der Waals surface area contributed by atoms with Gasteiger partial charge in [0.15, 0.2) is 9.84 Å². The number of nitrogens with one attached hydrogen (secondary N) is 1. The molecule has 1 aliphatic rings. The maximum atomic E-state index is 13.1. The Bertz CT molecular complexity index is 977. The molecule has 1 aromatic carbocycles. The van der Waals surface area contributed by atoms with E-state index < -0.39 is 38.9 Å². The Morgan fingerprint density at radius 3 is 2.67 bits per heavy atom. The van der Waals surface area contributed by atoms with Gasteiger partial charge in [-0.25, -0.2) is 13.4 Å². The second-order valence-electron chi connectivity index (χ2n) is 6.39. The van der Waals surface area contributed by atoms with Crippen LogP contribution in [-0.2, 0) is 20.8 Å². The third-order valence-corrected chi connectivity index (χ3v) is 7.15. The van der Waals surface area contributed by atoms with Gasteiger partial charge < -0.3 is 5.32 Å². The molecular weight excluding hydrogens is 401 g/mol. The maximum absolute atomic E-state index is 13.1. The number of halogens is 3. The Hall–Kier alpha value is -1.81. The van der Waals surface area contributed by atoms with Crippen LogP contribution in [0.5, 0.6) is 0 Å². The fourth-order valence-corrected chi connectivity index (χ4v) is 5.57. The standard InChI is InChI=1S/C17H17F3N2O3S2/c1-10(16(23)21-11-6-7-27(24,25)9-11)26-14-8-15(17(18,19)20)22-13-5-3-2-4-12(13)14/h2-5,8,10-11H,6-7,9H2,1H3,(H,21,23). The molecule has 1 saturated heterocycles. The second-order valence-corrected chi connectivity index (χ2v) is 10.0. The van der Waals surface area contributed by atoms with Gasteiger partial charge in [0.2, 0.25) is 5.91 Å². The summed E-state index contributed by atoms with van der Waals surface area (Å²) in [6, 6.07) is 6.92. The molecule has 10 heteroatoms. The Morgan fingerprint density at radius 2 is 2.04 bits per heavy atom. The van der Waals surface area contributed by atoms with Crippen molar-refractivity contribution in [2.24, 2.45) is 0 Å². The Labute approximate surface area is 158 Å². The van der Waals surface area contributed by atoms with E-state index in [-0.39, 0.29) is 17.0 Å². The monoisotopic (exact) mass is 418 g/mol. The molecule has 1 aromatic heterocycles. The number of amides is 1. The lowest BCUT2D eigenvalue weighted by atomic mass is 10.2. The summed E-state index contributed by atoms with van der Waals surface area (Å²) in [7, 11) is -3.13. The molecule has 0 spiro atoms. The van der Waals surface area contributed by atoms with Gasteiger partial charge in [-0.05, 0) is 25.5 Å². The second kappa shape index (κ2) is 7.31. The van der Waals surface area contributed by atoms with Crippen molar-refractivity contribution < 1.29 is 26.4 Å². The summed E-state index contributed by atoms with van der Waals surface area (Å²) in [5, 5.41) is 2.50. The van der Waals surface area contributed by atoms with Crippen LogP contribution >= 0.6 is 11.8 Å². The summed E-state index contributed by atoms with van der Waals surface area (Å²) in [4.78, 5) is 16.3. The first-order valence-corrected chi connectivity index (χ1v) is 10.9. The normalized spacial score (nSPS) is 20.5. The number of alkyl halides is 3. The van der Waals surface area contributed by atoms with Gasteiger partial charge in [-0.1, -0.05) is 18.2 Å². The summed E-state index contributed by atoms with van der Waals surface area (Å²) < 4.78 is 62.4. The van der Waals surface area contributed by atoms with Gasteiger partial charge in [-0.3, -0.25) is 4.79 Å². The minimum Gasteiger partial charge on any atom is -0.351 e. The number of para-hydroxylation sites is 1. The largest absolute Gasteiger partial charge is 0.433 e. The number of carbonyl (C=O) groups excluding carboxylic acids is 1. The van der Waals surface area contributed by atoms with Crippen LogP contribution in [0.3, 0.4) is 0 Å². The van der Waals surface area contributed by atoms with E-state index in [4.69, 9.17) is 0 Å². The highest BCUT2D eigenvalue weighted by Gasteiger charge is 2.34. The lowest BCUT2D eigenvalue weighted by Gasteiger charge is -2.17. The van der Waals surface area contributed by atoms with Crippen molar-refractivity contribution in [2.75, 3.05) is 11.5 Å². The average molecular weight is 418 g/mol. The predicted octanol–water partition coefficient (Wildman–Crippen LogP) is 3.04. The molecule has 0 radical (unpaired) electrons. The van der Waals surface area contributed by atoms with Crippen LogP contribution in [0, 0.1) is 0 Å². The van der Waals surface area contributed by atoms with Crippen LogP contribution in [0.25, 0.3) is 10.9 Å². The Kier molecular flexibility index (Phi) is 5.40. The molecule has 2 heterocycles. The van der Waals surface area contributed by atoms with Gasteiger partial charge in [0.05, 0.1) is 22.3 Å². The van der Waals surface area contributed by atoms with E-state index in [1.54, 1.807) is 25.1 Å². The number of sulfone groups is 1. The number of benzene rings is 1. The molecular formula is C17H17F3N2O3S2. The summed E-state index contributed by atoms with van der Waals surface area (Å²) >= 11 is 0.993. The summed E-state index contributed by atoms with van der Waals surface area (Å²) in [6.07, 6.45) is -4.25. The molecule has 2 atom stereocenters. The fourth-order valence-electron chi connectivity index (χ4n) is 2.86. The van der Waals surface area contributed by atoms with Crippen LogP contribution in [-0.4, -0.2) is 42.1 Å². The van der Waals surface area contributed by atoms with E-state index in [1.165, 1.54) is 6.07 Å². The number of hydrogen-bond donors (Lipinski definition) is 1. The quantitative estimate of drug-likeness (QED) is 0.773. The van der Waals surface area contributed by atoms with Crippen molar-refractivity contribution >= 4 is 38.4 Å². The van der Waals surface area contributed by atoms with Gasteiger partial charge in [-0.2, -0.15) is 13.2 Å². The van der Waals surface area contributed by atoms with Crippen molar-refractivity contribution in [1.29, 1.82) is 0 Å². The minimum absolute atomic E-state index is 0.0312. The number of nitrogens with zero attached hydrogens (tertiary/aromatic N) is 1. The highest BCUT2D eigenvalue weighted by atomic mass is 32.2. The summed E-state index contributed by atoms with van der Waals surface area (Å²) in [6.45, 7) is 1.58. The van der Waals surface area contributed by atoms with Gasteiger partial charge in [-0.15, -0.1) is 11.8 Å². The van der Waals surface area contributed by atoms with Gasteiger partial charge >= 0.3 is 6.18 Å². The number of hydrogen-bond acceptors (Lipinski definition) is 5. The van der Waals surface area contributed by atoms with Crippen LogP contribution in [0.1, 0.15) is 19.0 Å². The topological polar surface area (TPSA) is 76.1 Å². The first-order chi connectivity index (χ1) is 12.5. The SMILES string of the molecule is CC(Sc1cc(C(F)(F)F)nc2ccccc12)C(=O)NC1CCS(=O)(=O)C1. The number of aromatic nitrogens is 1. The molecule has 1 amide bonds. The molecule has 2 unspecified atom stereocenters. The van der Waals surface area contributed by atoms with Gasteiger partial charge in [0.1, 0.15) is 5.69 Å². The summed E-state index contributed by atoms with van der Waals surface area (Å²) in [5.41, 5.74) is -0.817. The Morgan fingerprint density at radius 1 is 1.33 bits per heavy atom. The highest BCUT2D eigenvalue weighted by molar-refractivity contribution is 8.00. The van der Waals surface area contributed by atoms with Crippen LogP contribution in [0.2, 0.25) is 0 Å². The van der Waals surface area contributed by atoms with Crippen LogP contribution in [0.4, 0.5) is 13.2 Å². The number of pyridine rings is 1. The Balaban J connectivity index is 1.81. The van der Waals surface area contributed by atoms with Crippen molar-refractivity contribution in [3.05, 3.63) is 36.0 Å². The van der Waals surface area contributed by atoms with E-state index in [0.717, 1.165) is 17.8 Å².